The normalized spacial score (nSPS) is 20.9. The van der Waals surface area contributed by atoms with E-state index in [4.69, 9.17) is 0 Å². The summed E-state index contributed by atoms with van der Waals surface area (Å²) in [7, 11) is 0. The fourth-order valence-electron chi connectivity index (χ4n) is 6.11. The largest absolute Gasteiger partial charge is 0.481 e. The Kier molecular flexibility index (Phi) is 6.80. The molecule has 3 aliphatic rings. The number of likely N-dealkylation sites (tertiary alicyclic amines) is 1. The average molecular weight is 456 g/mol. The van der Waals surface area contributed by atoms with Gasteiger partial charge in [0, 0.05) is 13.1 Å². The number of amides is 3. The predicted molar refractivity (Wildman–Crippen MR) is 127 cm³/mol. The number of hydrogen-bond donors (Lipinski definition) is 2. The van der Waals surface area contributed by atoms with E-state index in [2.05, 4.69) is 10.2 Å². The van der Waals surface area contributed by atoms with Crippen LogP contribution in [0.4, 0.5) is 10.5 Å². The van der Waals surface area contributed by atoms with Gasteiger partial charge in [0.15, 0.2) is 0 Å². The van der Waals surface area contributed by atoms with Crippen LogP contribution < -0.4 is 10.2 Å². The highest BCUT2D eigenvalue weighted by Crippen LogP contribution is 2.51. The van der Waals surface area contributed by atoms with Crippen molar-refractivity contribution in [1.82, 2.24) is 10.2 Å². The molecule has 7 heteroatoms. The van der Waals surface area contributed by atoms with E-state index in [1.54, 1.807) is 0 Å². The van der Waals surface area contributed by atoms with Gasteiger partial charge in [-0.05, 0) is 69.2 Å². The van der Waals surface area contributed by atoms with E-state index in [0.717, 1.165) is 62.9 Å². The second kappa shape index (κ2) is 9.45. The van der Waals surface area contributed by atoms with Gasteiger partial charge in [-0.15, -0.1) is 0 Å². The van der Waals surface area contributed by atoms with Gasteiger partial charge in [-0.1, -0.05) is 44.9 Å². The number of rotatable bonds is 7. The van der Waals surface area contributed by atoms with Gasteiger partial charge in [0.25, 0.3) is 0 Å². The van der Waals surface area contributed by atoms with Gasteiger partial charge in [-0.2, -0.15) is 0 Å². The summed E-state index contributed by atoms with van der Waals surface area (Å²) in [5.74, 6) is -0.448. The van der Waals surface area contributed by atoms with Crippen molar-refractivity contribution in [2.75, 3.05) is 31.1 Å². The molecular formula is C26H37N3O4. The number of anilines is 1. The monoisotopic (exact) mass is 455 g/mol. The van der Waals surface area contributed by atoms with Gasteiger partial charge in [0.1, 0.15) is 0 Å². The Labute approximate surface area is 196 Å². The summed E-state index contributed by atoms with van der Waals surface area (Å²) in [6.07, 6.45) is 6.76. The summed E-state index contributed by atoms with van der Waals surface area (Å²) < 4.78 is 0. The third-order valence-electron chi connectivity index (χ3n) is 8.52. The second-order valence-corrected chi connectivity index (χ2v) is 10.1. The lowest BCUT2D eigenvalue weighted by Crippen LogP contribution is -2.49. The standard InChI is InChI=1S/C26H37N3O4/c1-3-25(4-2,23(31)32)18-28-15-11-19(12-16-28)17-27-24(33)29-21-10-6-5-9-20(21)26(22(29)30)13-7-8-14-26/h5-6,9-10,19H,3-4,7-8,11-18H2,1-2H3,(H,27,33)(H,31,32). The maximum absolute atomic E-state index is 13.4. The first kappa shape index (κ1) is 23.7. The van der Waals surface area contributed by atoms with Gasteiger partial charge < -0.3 is 15.3 Å². The minimum Gasteiger partial charge on any atom is -0.481 e. The van der Waals surface area contributed by atoms with Crippen molar-refractivity contribution in [2.45, 2.75) is 70.6 Å². The molecule has 2 N–H and O–H groups in total. The maximum Gasteiger partial charge on any atom is 0.328 e. The first-order valence-electron chi connectivity index (χ1n) is 12.5. The molecule has 1 aromatic rings. The number of para-hydroxylation sites is 1. The number of carboxylic acid groups (broad SMARTS) is 1. The van der Waals surface area contributed by atoms with E-state index in [1.165, 1.54) is 4.90 Å². The molecule has 2 aliphatic heterocycles. The Morgan fingerprint density at radius 1 is 1.12 bits per heavy atom. The number of carboxylic acids is 1. The van der Waals surface area contributed by atoms with Crippen LogP contribution in [0.3, 0.4) is 0 Å². The highest BCUT2D eigenvalue weighted by Gasteiger charge is 2.53. The number of nitrogens with one attached hydrogen (secondary N) is 1. The van der Waals surface area contributed by atoms with E-state index in [9.17, 15) is 19.5 Å². The zero-order chi connectivity index (χ0) is 23.6. The Hall–Kier alpha value is -2.41. The zero-order valence-corrected chi connectivity index (χ0v) is 19.9. The van der Waals surface area contributed by atoms with Crippen LogP contribution in [0, 0.1) is 11.3 Å². The first-order chi connectivity index (χ1) is 15.9. The molecule has 2 fully saturated rings. The van der Waals surface area contributed by atoms with Crippen molar-refractivity contribution >= 4 is 23.6 Å². The molecule has 0 bridgehead atoms. The Bertz CT molecular complexity index is 897. The molecule has 0 radical (unpaired) electrons. The number of benzene rings is 1. The topological polar surface area (TPSA) is 90.0 Å². The van der Waals surface area contributed by atoms with Crippen LogP contribution in [-0.2, 0) is 15.0 Å². The minimum atomic E-state index is -0.711. The molecule has 4 rings (SSSR count). The van der Waals surface area contributed by atoms with Crippen molar-refractivity contribution in [3.63, 3.8) is 0 Å². The summed E-state index contributed by atoms with van der Waals surface area (Å²) in [6.45, 7) is 6.70. The summed E-state index contributed by atoms with van der Waals surface area (Å²) in [4.78, 5) is 42.0. The van der Waals surface area contributed by atoms with Crippen LogP contribution in [0.15, 0.2) is 24.3 Å². The van der Waals surface area contributed by atoms with Crippen molar-refractivity contribution in [2.24, 2.45) is 11.3 Å². The van der Waals surface area contributed by atoms with Crippen LogP contribution in [0.5, 0.6) is 0 Å². The number of piperidine rings is 1. The van der Waals surface area contributed by atoms with Gasteiger partial charge in [-0.25, -0.2) is 9.69 Å². The average Bonchev–Trinajstić information content (AvgIpc) is 3.41. The summed E-state index contributed by atoms with van der Waals surface area (Å²) in [5, 5.41) is 12.7. The molecule has 2 heterocycles. The molecule has 0 aromatic heterocycles. The molecule has 1 aromatic carbocycles. The van der Waals surface area contributed by atoms with Crippen molar-refractivity contribution in [1.29, 1.82) is 0 Å². The zero-order valence-electron chi connectivity index (χ0n) is 19.9. The molecule has 0 atom stereocenters. The number of imide groups is 1. The van der Waals surface area contributed by atoms with Crippen molar-refractivity contribution < 1.29 is 19.5 Å². The predicted octanol–water partition coefficient (Wildman–Crippen LogP) is 4.16. The molecule has 0 unspecified atom stereocenters. The van der Waals surface area contributed by atoms with Crippen LogP contribution in [-0.4, -0.2) is 54.1 Å². The molecule has 7 nitrogen and oxygen atoms in total. The second-order valence-electron chi connectivity index (χ2n) is 10.1. The van der Waals surface area contributed by atoms with Gasteiger partial charge in [0.2, 0.25) is 5.91 Å². The number of hydrogen-bond acceptors (Lipinski definition) is 4. The van der Waals surface area contributed by atoms with Crippen molar-refractivity contribution in [3.05, 3.63) is 29.8 Å². The highest BCUT2D eigenvalue weighted by molar-refractivity contribution is 6.22. The molecule has 1 saturated heterocycles. The minimum absolute atomic E-state index is 0.0716. The number of urea groups is 1. The van der Waals surface area contributed by atoms with Crippen LogP contribution in [0.1, 0.15) is 70.8 Å². The lowest BCUT2D eigenvalue weighted by atomic mass is 9.80. The van der Waals surface area contributed by atoms with Crippen molar-refractivity contribution in [3.8, 4) is 0 Å². The number of carbonyl (C=O) groups is 3. The Morgan fingerprint density at radius 2 is 1.76 bits per heavy atom. The fraction of sp³-hybridized carbons (Fsp3) is 0.654. The Balaban J connectivity index is 1.33. The van der Waals surface area contributed by atoms with E-state index in [0.29, 0.717) is 31.8 Å². The van der Waals surface area contributed by atoms with E-state index >= 15 is 0 Å². The van der Waals surface area contributed by atoms with E-state index < -0.39 is 16.8 Å². The van der Waals surface area contributed by atoms with Gasteiger partial charge in [-0.3, -0.25) is 9.59 Å². The van der Waals surface area contributed by atoms with E-state index in [1.807, 2.05) is 38.1 Å². The molecule has 180 valence electrons. The number of fused-ring (bicyclic) bond motifs is 2. The lowest BCUT2D eigenvalue weighted by Gasteiger charge is -2.38. The molecule has 1 spiro atoms. The smallest absolute Gasteiger partial charge is 0.328 e. The van der Waals surface area contributed by atoms with Crippen LogP contribution in [0.25, 0.3) is 0 Å². The van der Waals surface area contributed by atoms with Crippen LogP contribution >= 0.6 is 0 Å². The number of carbonyl (C=O) groups excluding carboxylic acids is 2. The third kappa shape index (κ3) is 4.16. The lowest BCUT2D eigenvalue weighted by molar-refractivity contribution is -0.151. The van der Waals surface area contributed by atoms with Crippen LogP contribution in [0.2, 0.25) is 0 Å². The summed E-state index contributed by atoms with van der Waals surface area (Å²) in [5.41, 5.74) is 0.542. The quantitative estimate of drug-likeness (QED) is 0.644. The molecule has 1 saturated carbocycles. The molecule has 3 amide bonds. The molecule has 33 heavy (non-hydrogen) atoms. The number of nitrogens with zero attached hydrogens (tertiary/aromatic N) is 2. The molecular weight excluding hydrogens is 418 g/mol. The summed E-state index contributed by atoms with van der Waals surface area (Å²) >= 11 is 0. The van der Waals surface area contributed by atoms with Gasteiger partial charge >= 0.3 is 12.0 Å². The highest BCUT2D eigenvalue weighted by atomic mass is 16.4. The van der Waals surface area contributed by atoms with E-state index in [-0.39, 0.29) is 11.9 Å². The SMILES string of the molecule is CCC(CC)(CN1CCC(CNC(=O)N2C(=O)C3(CCCC3)c3ccccc32)CC1)C(=O)O. The number of aliphatic carboxylic acids is 1. The third-order valence-corrected chi connectivity index (χ3v) is 8.52. The Morgan fingerprint density at radius 3 is 2.36 bits per heavy atom. The summed E-state index contributed by atoms with van der Waals surface area (Å²) in [6, 6.07) is 7.41. The first-order valence-corrected chi connectivity index (χ1v) is 12.5. The fourth-order valence-corrected chi connectivity index (χ4v) is 6.11. The van der Waals surface area contributed by atoms with Gasteiger partial charge in [0.05, 0.1) is 16.5 Å². The maximum atomic E-state index is 13.4. The molecule has 1 aliphatic carbocycles.